The van der Waals surface area contributed by atoms with Crippen molar-refractivity contribution < 1.29 is 18.1 Å². The van der Waals surface area contributed by atoms with Crippen molar-refractivity contribution in [3.63, 3.8) is 0 Å². The van der Waals surface area contributed by atoms with Crippen LogP contribution in [0.5, 0.6) is 5.75 Å². The standard InChI is InChI=1S/C15H24N2O3S/c1-3-20-15-8-6-5-7-14(15)13-16-9-11-17(12-10-16)21(18,19)4-2/h5-8H,3-4,9-13H2,1-2H3/p+1. The molecule has 0 spiro atoms. The van der Waals surface area contributed by atoms with Gasteiger partial charge in [0.2, 0.25) is 10.0 Å². The van der Waals surface area contributed by atoms with Crippen LogP contribution in [-0.2, 0) is 16.6 Å². The maximum atomic E-state index is 11.9. The third kappa shape index (κ3) is 4.18. The van der Waals surface area contributed by atoms with E-state index in [4.69, 9.17) is 4.74 Å². The van der Waals surface area contributed by atoms with Crippen molar-refractivity contribution in [3.05, 3.63) is 29.8 Å². The lowest BCUT2D eigenvalue weighted by molar-refractivity contribution is -0.917. The molecule has 1 aliphatic heterocycles. The normalized spacial score (nSPS) is 17.8. The molecule has 1 fully saturated rings. The molecule has 1 saturated heterocycles. The number of hydrogen-bond acceptors (Lipinski definition) is 3. The Kier molecular flexibility index (Phi) is 5.61. The van der Waals surface area contributed by atoms with Gasteiger partial charge in [0.15, 0.2) is 0 Å². The number of rotatable bonds is 6. The number of benzene rings is 1. The molecule has 1 N–H and O–H groups in total. The molecule has 118 valence electrons. The van der Waals surface area contributed by atoms with E-state index in [0.717, 1.165) is 25.4 Å². The van der Waals surface area contributed by atoms with Crippen LogP contribution < -0.4 is 9.64 Å². The van der Waals surface area contributed by atoms with Crippen molar-refractivity contribution in [1.82, 2.24) is 4.31 Å². The minimum atomic E-state index is -3.04. The first-order chi connectivity index (χ1) is 10.1. The van der Waals surface area contributed by atoms with E-state index >= 15 is 0 Å². The first-order valence-corrected chi connectivity index (χ1v) is 9.19. The summed E-state index contributed by atoms with van der Waals surface area (Å²) in [6.45, 7) is 8.15. The summed E-state index contributed by atoms with van der Waals surface area (Å²) in [7, 11) is -3.04. The fourth-order valence-electron chi connectivity index (χ4n) is 2.66. The average molecular weight is 313 g/mol. The van der Waals surface area contributed by atoms with E-state index in [1.54, 1.807) is 11.2 Å². The third-order valence-corrected chi connectivity index (χ3v) is 5.78. The van der Waals surface area contributed by atoms with E-state index in [-0.39, 0.29) is 5.75 Å². The number of quaternary nitrogens is 1. The predicted octanol–water partition coefficient (Wildman–Crippen LogP) is 0.136. The highest BCUT2D eigenvalue weighted by molar-refractivity contribution is 7.89. The van der Waals surface area contributed by atoms with Crippen LogP contribution in [0.1, 0.15) is 19.4 Å². The Labute approximate surface area is 127 Å². The van der Waals surface area contributed by atoms with Gasteiger partial charge in [-0.15, -0.1) is 0 Å². The molecule has 1 heterocycles. The van der Waals surface area contributed by atoms with E-state index in [1.165, 1.54) is 10.5 Å². The summed E-state index contributed by atoms with van der Waals surface area (Å²) in [6.07, 6.45) is 0. The number of para-hydroxylation sites is 1. The monoisotopic (exact) mass is 313 g/mol. The summed E-state index contributed by atoms with van der Waals surface area (Å²) in [4.78, 5) is 1.41. The average Bonchev–Trinajstić information content (AvgIpc) is 2.50. The maximum Gasteiger partial charge on any atom is 0.214 e. The molecule has 2 rings (SSSR count). The van der Waals surface area contributed by atoms with Crippen molar-refractivity contribution >= 4 is 10.0 Å². The zero-order valence-electron chi connectivity index (χ0n) is 12.8. The summed E-state index contributed by atoms with van der Waals surface area (Å²) in [5, 5.41) is 0. The molecule has 0 aliphatic carbocycles. The topological polar surface area (TPSA) is 51.1 Å². The number of ether oxygens (including phenoxy) is 1. The molecular weight excluding hydrogens is 288 g/mol. The van der Waals surface area contributed by atoms with Gasteiger partial charge in [0.05, 0.1) is 38.5 Å². The number of nitrogens with one attached hydrogen (secondary N) is 1. The number of hydrogen-bond donors (Lipinski definition) is 1. The second kappa shape index (κ2) is 7.24. The molecule has 0 bridgehead atoms. The molecule has 0 amide bonds. The van der Waals surface area contributed by atoms with Crippen LogP contribution in [0.3, 0.4) is 0 Å². The van der Waals surface area contributed by atoms with Crippen LogP contribution in [-0.4, -0.2) is 51.3 Å². The Morgan fingerprint density at radius 2 is 1.86 bits per heavy atom. The molecule has 1 aromatic carbocycles. The van der Waals surface area contributed by atoms with Gasteiger partial charge in [-0.1, -0.05) is 12.1 Å². The summed E-state index contributed by atoms with van der Waals surface area (Å²) in [6, 6.07) is 8.09. The van der Waals surface area contributed by atoms with Gasteiger partial charge in [-0.2, -0.15) is 4.31 Å². The van der Waals surface area contributed by atoms with Crippen molar-refractivity contribution in [2.45, 2.75) is 20.4 Å². The highest BCUT2D eigenvalue weighted by Gasteiger charge is 2.28. The van der Waals surface area contributed by atoms with Crippen LogP contribution >= 0.6 is 0 Å². The van der Waals surface area contributed by atoms with Gasteiger partial charge in [-0.25, -0.2) is 8.42 Å². The zero-order valence-corrected chi connectivity index (χ0v) is 13.7. The molecule has 21 heavy (non-hydrogen) atoms. The van der Waals surface area contributed by atoms with Gasteiger partial charge < -0.3 is 9.64 Å². The van der Waals surface area contributed by atoms with Crippen LogP contribution in [0.4, 0.5) is 0 Å². The molecule has 0 aromatic heterocycles. The Bertz CT molecular complexity index is 552. The van der Waals surface area contributed by atoms with Crippen LogP contribution in [0, 0.1) is 0 Å². The quantitative estimate of drug-likeness (QED) is 0.812. The van der Waals surface area contributed by atoms with Crippen LogP contribution in [0.15, 0.2) is 24.3 Å². The highest BCUT2D eigenvalue weighted by Crippen LogP contribution is 2.16. The fourth-order valence-corrected chi connectivity index (χ4v) is 3.76. The minimum Gasteiger partial charge on any atom is -0.493 e. The molecule has 0 atom stereocenters. The van der Waals surface area contributed by atoms with E-state index in [0.29, 0.717) is 19.7 Å². The summed E-state index contributed by atoms with van der Waals surface area (Å²) < 4.78 is 31.0. The van der Waals surface area contributed by atoms with Gasteiger partial charge in [-0.05, 0) is 26.0 Å². The smallest absolute Gasteiger partial charge is 0.214 e. The van der Waals surface area contributed by atoms with Crippen molar-refractivity contribution in [3.8, 4) is 5.75 Å². The Hall–Kier alpha value is -1.11. The number of nitrogens with zero attached hydrogens (tertiary/aromatic N) is 1. The van der Waals surface area contributed by atoms with Gasteiger partial charge >= 0.3 is 0 Å². The first-order valence-electron chi connectivity index (χ1n) is 7.59. The third-order valence-electron chi connectivity index (χ3n) is 3.90. The molecule has 5 nitrogen and oxygen atoms in total. The first kappa shape index (κ1) is 16.3. The molecule has 0 unspecified atom stereocenters. The van der Waals surface area contributed by atoms with Crippen molar-refractivity contribution in [2.24, 2.45) is 0 Å². The van der Waals surface area contributed by atoms with Crippen molar-refractivity contribution in [1.29, 1.82) is 0 Å². The fraction of sp³-hybridized carbons (Fsp3) is 0.600. The molecule has 0 radical (unpaired) electrons. The lowest BCUT2D eigenvalue weighted by atomic mass is 10.2. The van der Waals surface area contributed by atoms with Gasteiger partial charge in [0.25, 0.3) is 0 Å². The van der Waals surface area contributed by atoms with Crippen LogP contribution in [0.2, 0.25) is 0 Å². The second-order valence-corrected chi connectivity index (χ2v) is 7.52. The van der Waals surface area contributed by atoms with Gasteiger partial charge in [0, 0.05) is 5.56 Å². The lowest BCUT2D eigenvalue weighted by Crippen LogP contribution is -3.13. The lowest BCUT2D eigenvalue weighted by Gasteiger charge is -2.31. The SMILES string of the molecule is CCOc1ccccc1C[NH+]1CCN(S(=O)(=O)CC)CC1. The van der Waals surface area contributed by atoms with Gasteiger partial charge in [-0.3, -0.25) is 0 Å². The summed E-state index contributed by atoms with van der Waals surface area (Å²) in [5.41, 5.74) is 1.20. The Morgan fingerprint density at radius 3 is 2.48 bits per heavy atom. The molecular formula is C15H25N2O3S+. The minimum absolute atomic E-state index is 0.190. The maximum absolute atomic E-state index is 11.9. The summed E-state index contributed by atoms with van der Waals surface area (Å²) in [5.74, 6) is 1.13. The second-order valence-electron chi connectivity index (χ2n) is 5.27. The number of piperazine rings is 1. The van der Waals surface area contributed by atoms with Crippen LogP contribution in [0.25, 0.3) is 0 Å². The zero-order chi connectivity index (χ0) is 15.3. The van der Waals surface area contributed by atoms with E-state index in [2.05, 4.69) is 6.07 Å². The molecule has 6 heteroatoms. The Morgan fingerprint density at radius 1 is 1.19 bits per heavy atom. The van der Waals surface area contributed by atoms with E-state index in [1.807, 2.05) is 25.1 Å². The van der Waals surface area contributed by atoms with E-state index < -0.39 is 10.0 Å². The predicted molar refractivity (Wildman–Crippen MR) is 83.0 cm³/mol. The largest absolute Gasteiger partial charge is 0.493 e. The van der Waals surface area contributed by atoms with E-state index in [9.17, 15) is 8.42 Å². The molecule has 1 aromatic rings. The summed E-state index contributed by atoms with van der Waals surface area (Å²) >= 11 is 0. The van der Waals surface area contributed by atoms with Crippen molar-refractivity contribution in [2.75, 3.05) is 38.5 Å². The highest BCUT2D eigenvalue weighted by atomic mass is 32.2. The number of sulfonamides is 1. The molecule has 0 saturated carbocycles. The Balaban J connectivity index is 1.95. The molecule has 1 aliphatic rings. The van der Waals surface area contributed by atoms with Gasteiger partial charge in [0.1, 0.15) is 12.3 Å².